The van der Waals surface area contributed by atoms with Crippen molar-refractivity contribution in [1.29, 1.82) is 0 Å². The van der Waals surface area contributed by atoms with Crippen molar-refractivity contribution in [2.45, 2.75) is 0 Å². The molecule has 31 valence electrons. The molecular weight excluding hydrogens is 361 g/mol. The molecule has 0 amide bonds. The molecule has 5 heteroatoms. The number of hydrogen-bond donors (Lipinski definition) is 0. The minimum absolute atomic E-state index is 0. The maximum atomic E-state index is 7.81. The van der Waals surface area contributed by atoms with Gasteiger partial charge in [0.1, 0.15) is 0 Å². The van der Waals surface area contributed by atoms with Gasteiger partial charge in [-0.15, -0.1) is 0 Å². The Kier molecular flexibility index (Phi) is 122. The van der Waals surface area contributed by atoms with E-state index in [1.807, 2.05) is 0 Å². The van der Waals surface area contributed by atoms with Crippen LogP contribution in [0, 0.1) is 35.6 Å². The van der Waals surface area contributed by atoms with Gasteiger partial charge in [-0.25, -0.2) is 0 Å². The first-order chi connectivity index (χ1) is 1.00. The van der Waals surface area contributed by atoms with Crippen molar-refractivity contribution < 1.29 is 75.3 Å². The Balaban J connectivity index is -0.000000000500. The second-order valence-electron chi connectivity index (χ2n) is 0. The monoisotopic (exact) mass is 363 g/mol. The Morgan fingerprint density at radius 3 is 1.40 bits per heavy atom. The minimum atomic E-state index is 0. The van der Waals surface area contributed by atoms with Crippen LogP contribution in [-0.4, -0.2) is 45.5 Å². The molecule has 0 saturated carbocycles. The SMILES string of the molecule is [H-].[H-].[La].[Mn].[O]=[Cu].[Sr+2]. The van der Waals surface area contributed by atoms with Crippen LogP contribution >= 0.6 is 0 Å². The summed E-state index contributed by atoms with van der Waals surface area (Å²) < 4.78 is 7.81. The van der Waals surface area contributed by atoms with Crippen LogP contribution in [0.15, 0.2) is 0 Å². The van der Waals surface area contributed by atoms with Crippen molar-refractivity contribution in [2.24, 2.45) is 0 Å². The molecular formula is H2CuLaMnOSr. The van der Waals surface area contributed by atoms with Crippen LogP contribution < -0.4 is 0 Å². The van der Waals surface area contributed by atoms with E-state index in [4.69, 9.17) is 3.83 Å². The van der Waals surface area contributed by atoms with Gasteiger partial charge in [0, 0.05) is 52.7 Å². The van der Waals surface area contributed by atoms with E-state index in [1.165, 1.54) is 0 Å². The van der Waals surface area contributed by atoms with Crippen LogP contribution in [0.1, 0.15) is 2.85 Å². The van der Waals surface area contributed by atoms with Gasteiger partial charge in [-0.3, -0.25) is 0 Å². The zero-order valence-corrected chi connectivity index (χ0v) is 11.6. The van der Waals surface area contributed by atoms with E-state index in [-0.39, 0.29) is 101 Å². The zero-order valence-electron chi connectivity index (χ0n) is 4.37. The second kappa shape index (κ2) is 25.8. The minimum Gasteiger partial charge on any atom is 2.00 e. The van der Waals surface area contributed by atoms with E-state index < -0.39 is 0 Å². The van der Waals surface area contributed by atoms with Gasteiger partial charge < -0.3 is 2.85 Å². The molecule has 0 aliphatic heterocycles. The van der Waals surface area contributed by atoms with Crippen LogP contribution in [0.25, 0.3) is 0 Å². The predicted molar refractivity (Wildman–Crippen MR) is 8.66 cm³/mol. The van der Waals surface area contributed by atoms with Gasteiger partial charge in [-0.1, -0.05) is 0 Å². The maximum absolute atomic E-state index is 7.81. The first-order valence-electron chi connectivity index (χ1n) is 0.123. The average Bonchev–Trinajstić information content (AvgIpc) is 1.00. The number of rotatable bonds is 0. The molecule has 0 aromatic heterocycles. The van der Waals surface area contributed by atoms with Gasteiger partial charge in [-0.05, 0) is 0 Å². The fourth-order valence-electron chi connectivity index (χ4n) is 0. The molecule has 1 nitrogen and oxygen atoms in total. The van der Waals surface area contributed by atoms with Gasteiger partial charge >= 0.3 is 65.3 Å². The molecule has 0 heterocycles. The summed E-state index contributed by atoms with van der Waals surface area (Å²) >= 11 is 2.94. The summed E-state index contributed by atoms with van der Waals surface area (Å²) in [4.78, 5) is 0. The van der Waals surface area contributed by atoms with Crippen molar-refractivity contribution in [2.75, 3.05) is 0 Å². The molecule has 0 N–H and O–H groups in total. The first kappa shape index (κ1) is 23.6. The summed E-state index contributed by atoms with van der Waals surface area (Å²) in [6.45, 7) is 0. The molecule has 0 aromatic rings. The van der Waals surface area contributed by atoms with Crippen molar-refractivity contribution in [3.63, 3.8) is 0 Å². The Morgan fingerprint density at radius 1 is 1.40 bits per heavy atom. The Bertz CT molecular complexity index is 17.7. The Morgan fingerprint density at radius 2 is 1.40 bits per heavy atom. The third-order valence-corrected chi connectivity index (χ3v) is 0. The second-order valence-corrected chi connectivity index (χ2v) is 0. The van der Waals surface area contributed by atoms with Crippen molar-refractivity contribution in [3.05, 3.63) is 0 Å². The van der Waals surface area contributed by atoms with Gasteiger partial charge in [-0.2, -0.15) is 0 Å². The van der Waals surface area contributed by atoms with Crippen LogP contribution in [-0.2, 0) is 36.8 Å². The topological polar surface area (TPSA) is 17.1 Å². The smallest absolute Gasteiger partial charge is 2.00 e. The summed E-state index contributed by atoms with van der Waals surface area (Å²) in [5.41, 5.74) is 0. The first-order valence-corrected chi connectivity index (χ1v) is 0.508. The summed E-state index contributed by atoms with van der Waals surface area (Å²) in [7, 11) is 0. The van der Waals surface area contributed by atoms with Crippen LogP contribution in [0.3, 0.4) is 0 Å². The Hall–Kier alpha value is 3.51. The molecule has 0 atom stereocenters. The molecule has 0 rings (SSSR count). The molecule has 0 unspecified atom stereocenters. The summed E-state index contributed by atoms with van der Waals surface area (Å²) in [6, 6.07) is 0. The maximum Gasteiger partial charge on any atom is 2.00 e. The molecule has 0 fully saturated rings. The number of hydrogen-bond acceptors (Lipinski definition) is 1. The molecule has 0 bridgehead atoms. The fourth-order valence-corrected chi connectivity index (χ4v) is 0. The molecule has 0 spiro atoms. The fraction of sp³-hybridized carbons (Fsp3) is 0. The molecule has 0 aromatic carbocycles. The van der Waals surface area contributed by atoms with Crippen LogP contribution in [0.4, 0.5) is 0 Å². The van der Waals surface area contributed by atoms with Crippen LogP contribution in [0.2, 0.25) is 0 Å². The van der Waals surface area contributed by atoms with Crippen molar-refractivity contribution in [3.8, 4) is 0 Å². The quantitative estimate of drug-likeness (QED) is 0.542. The molecule has 0 aliphatic rings. The normalized spacial score (nSPS) is 1.20. The van der Waals surface area contributed by atoms with Crippen molar-refractivity contribution >= 4 is 45.5 Å². The standard InChI is InChI=1S/Cu.La.Mn.O.Sr.2H/q;;;;+2;2*-1. The van der Waals surface area contributed by atoms with E-state index in [9.17, 15) is 0 Å². The average molecular weight is 363 g/mol. The van der Waals surface area contributed by atoms with Gasteiger partial charge in [0.15, 0.2) is 0 Å². The van der Waals surface area contributed by atoms with Gasteiger partial charge in [0.05, 0.1) is 0 Å². The van der Waals surface area contributed by atoms with E-state index in [0.29, 0.717) is 0 Å². The summed E-state index contributed by atoms with van der Waals surface area (Å²) in [5.74, 6) is 0. The summed E-state index contributed by atoms with van der Waals surface area (Å²) in [6.07, 6.45) is 0. The molecule has 5 heavy (non-hydrogen) atoms. The van der Waals surface area contributed by atoms with E-state index >= 15 is 0 Å². The van der Waals surface area contributed by atoms with Crippen molar-refractivity contribution in [1.82, 2.24) is 0 Å². The van der Waals surface area contributed by atoms with Gasteiger partial charge in [0.25, 0.3) is 0 Å². The largest absolute Gasteiger partial charge is 2.00 e. The predicted octanol–water partition coefficient (Wildman–Crippen LogP) is -0.280. The van der Waals surface area contributed by atoms with E-state index in [2.05, 4.69) is 15.9 Å². The molecule has 0 saturated heterocycles. The third kappa shape index (κ3) is 18.5. The third-order valence-electron chi connectivity index (χ3n) is 0. The Labute approximate surface area is 118 Å². The molecule has 2 radical (unpaired) electrons. The zero-order chi connectivity index (χ0) is 2.00. The summed E-state index contributed by atoms with van der Waals surface area (Å²) in [5, 5.41) is 0. The van der Waals surface area contributed by atoms with E-state index in [1.54, 1.807) is 0 Å². The van der Waals surface area contributed by atoms with Crippen LogP contribution in [0.5, 0.6) is 0 Å². The van der Waals surface area contributed by atoms with Gasteiger partial charge in [0.2, 0.25) is 0 Å². The van der Waals surface area contributed by atoms with E-state index in [0.717, 1.165) is 0 Å². The molecule has 0 aliphatic carbocycles.